The van der Waals surface area contributed by atoms with E-state index in [2.05, 4.69) is 47.4 Å². The van der Waals surface area contributed by atoms with Crippen LogP contribution in [0.3, 0.4) is 0 Å². The van der Waals surface area contributed by atoms with Gasteiger partial charge in [-0.1, -0.05) is 60.7 Å². The van der Waals surface area contributed by atoms with Crippen LogP contribution in [0.15, 0.2) is 79.0 Å². The highest BCUT2D eigenvalue weighted by molar-refractivity contribution is 6.03. The number of hydrogen-bond donors (Lipinski definition) is 0. The van der Waals surface area contributed by atoms with Gasteiger partial charge in [0.1, 0.15) is 0 Å². The molecule has 0 saturated carbocycles. The molecule has 0 atom stereocenters. The monoisotopic (exact) mass is 231 g/mol. The zero-order valence-corrected chi connectivity index (χ0v) is 9.95. The molecule has 0 fully saturated rings. The topological polar surface area (TPSA) is 12.9 Å². The fourth-order valence-corrected chi connectivity index (χ4v) is 2.10. The zero-order chi connectivity index (χ0) is 12.2. The first-order valence-corrected chi connectivity index (χ1v) is 6.01. The van der Waals surface area contributed by atoms with Gasteiger partial charge in [-0.2, -0.15) is 0 Å². The lowest BCUT2D eigenvalue weighted by atomic mass is 10.1. The van der Waals surface area contributed by atoms with Crippen LogP contribution < -0.4 is 0 Å². The molecule has 2 aromatic carbocycles. The molecule has 0 saturated heterocycles. The first-order chi connectivity index (χ1) is 8.95. The maximum atomic E-state index is 4.50. The molecule has 0 aliphatic heterocycles. The molecule has 0 spiro atoms. The van der Waals surface area contributed by atoms with Crippen molar-refractivity contribution in [2.45, 2.75) is 0 Å². The lowest BCUT2D eigenvalue weighted by molar-refractivity contribution is 1.43. The van der Waals surface area contributed by atoms with Crippen LogP contribution in [0.1, 0.15) is 0 Å². The van der Waals surface area contributed by atoms with Crippen molar-refractivity contribution in [1.82, 2.24) is 4.98 Å². The van der Waals surface area contributed by atoms with Crippen molar-refractivity contribution in [2.24, 2.45) is 0 Å². The summed E-state index contributed by atoms with van der Waals surface area (Å²) < 4.78 is 0. The van der Waals surface area contributed by atoms with Crippen molar-refractivity contribution in [3.8, 4) is 0 Å². The third-order valence-corrected chi connectivity index (χ3v) is 2.95. The zero-order valence-electron chi connectivity index (χ0n) is 9.95. The molecular weight excluding hydrogens is 218 g/mol. The predicted molar refractivity (Wildman–Crippen MR) is 76.9 cm³/mol. The summed E-state index contributed by atoms with van der Waals surface area (Å²) in [6.45, 7) is 0. The van der Waals surface area contributed by atoms with Crippen molar-refractivity contribution in [2.75, 3.05) is 0 Å². The minimum Gasteiger partial charge on any atom is -0.256 e. The summed E-state index contributed by atoms with van der Waals surface area (Å²) in [5.41, 5.74) is 1.00. The summed E-state index contributed by atoms with van der Waals surface area (Å²) in [4.78, 5) is 4.50. The number of fused-ring (bicyclic) bond motifs is 3. The molecule has 0 radical (unpaired) electrons. The van der Waals surface area contributed by atoms with Crippen LogP contribution in [0.25, 0.3) is 21.7 Å². The summed E-state index contributed by atoms with van der Waals surface area (Å²) in [7, 11) is 0. The Morgan fingerprint density at radius 1 is 0.556 bits per heavy atom. The van der Waals surface area contributed by atoms with Crippen molar-refractivity contribution in [3.05, 3.63) is 79.0 Å². The third kappa shape index (κ3) is 2.03. The summed E-state index contributed by atoms with van der Waals surface area (Å²) >= 11 is 0. The average molecular weight is 231 g/mol. The second-order valence-corrected chi connectivity index (χ2v) is 4.13. The maximum absolute atomic E-state index is 4.50. The predicted octanol–water partition coefficient (Wildman–Crippen LogP) is 4.51. The molecule has 1 heterocycles. The van der Waals surface area contributed by atoms with Crippen molar-refractivity contribution in [3.63, 3.8) is 0 Å². The number of nitrogens with zero attached hydrogens (tertiary/aromatic N) is 1. The highest BCUT2D eigenvalue weighted by atomic mass is 14.6. The van der Waals surface area contributed by atoms with E-state index in [1.54, 1.807) is 0 Å². The molecule has 0 bridgehead atoms. The number of para-hydroxylation sites is 1. The summed E-state index contributed by atoms with van der Waals surface area (Å²) in [5.74, 6) is 0. The van der Waals surface area contributed by atoms with Crippen LogP contribution in [-0.4, -0.2) is 4.98 Å². The molecule has 0 N–H and O–H groups in total. The van der Waals surface area contributed by atoms with Crippen LogP contribution in [0.4, 0.5) is 0 Å². The van der Waals surface area contributed by atoms with E-state index in [-0.39, 0.29) is 0 Å². The molecule has 0 aliphatic rings. The van der Waals surface area contributed by atoms with Gasteiger partial charge in [0.25, 0.3) is 0 Å². The Kier molecular flexibility index (Phi) is 2.89. The molecule has 3 aromatic rings. The molecule has 1 aromatic heterocycles. The number of benzene rings is 2. The second-order valence-electron chi connectivity index (χ2n) is 4.13. The normalized spacial score (nSPS) is 10.2. The van der Waals surface area contributed by atoms with Crippen LogP contribution in [0.5, 0.6) is 0 Å². The molecular formula is C17H13N. The fraction of sp³-hybridized carbons (Fsp3) is 0. The Labute approximate surface area is 106 Å². The van der Waals surface area contributed by atoms with E-state index in [1.807, 2.05) is 36.5 Å². The molecule has 86 valence electrons. The van der Waals surface area contributed by atoms with E-state index in [4.69, 9.17) is 0 Å². The lowest BCUT2D eigenvalue weighted by Crippen LogP contribution is -1.75. The average Bonchev–Trinajstić information content (AvgIpc) is 2.44. The van der Waals surface area contributed by atoms with E-state index < -0.39 is 0 Å². The lowest BCUT2D eigenvalue weighted by Gasteiger charge is -1.98. The van der Waals surface area contributed by atoms with Crippen molar-refractivity contribution < 1.29 is 0 Å². The van der Waals surface area contributed by atoms with Gasteiger partial charge in [0.15, 0.2) is 0 Å². The van der Waals surface area contributed by atoms with E-state index in [1.165, 1.54) is 16.2 Å². The van der Waals surface area contributed by atoms with Gasteiger partial charge in [-0.15, -0.1) is 0 Å². The fourth-order valence-electron chi connectivity index (χ4n) is 2.10. The van der Waals surface area contributed by atoms with Gasteiger partial charge in [-0.3, -0.25) is 4.98 Å². The number of aromatic nitrogens is 1. The minimum atomic E-state index is 1.00. The van der Waals surface area contributed by atoms with Crippen LogP contribution in [0.2, 0.25) is 0 Å². The summed E-state index contributed by atoms with van der Waals surface area (Å²) in [6.07, 6.45) is 1.83. The smallest absolute Gasteiger partial charge is 0.0708 e. The molecule has 3 rings (SSSR count). The molecule has 1 nitrogen and oxygen atoms in total. The molecule has 0 unspecified atom stereocenters. The van der Waals surface area contributed by atoms with Gasteiger partial charge in [-0.25, -0.2) is 0 Å². The molecule has 0 amide bonds. The Hall–Kier alpha value is -2.41. The van der Waals surface area contributed by atoms with E-state index in [0.717, 1.165) is 5.52 Å². The highest BCUT2D eigenvalue weighted by Crippen LogP contribution is 2.20. The third-order valence-electron chi connectivity index (χ3n) is 2.95. The van der Waals surface area contributed by atoms with E-state index >= 15 is 0 Å². The van der Waals surface area contributed by atoms with Gasteiger partial charge >= 0.3 is 0 Å². The van der Waals surface area contributed by atoms with Gasteiger partial charge in [0.05, 0.1) is 5.52 Å². The minimum absolute atomic E-state index is 1.00. The van der Waals surface area contributed by atoms with Crippen LogP contribution >= 0.6 is 0 Å². The van der Waals surface area contributed by atoms with Gasteiger partial charge in [0.2, 0.25) is 0 Å². The number of rotatable bonds is 0. The van der Waals surface area contributed by atoms with Crippen molar-refractivity contribution >= 4 is 21.7 Å². The van der Waals surface area contributed by atoms with Crippen LogP contribution in [-0.2, 0) is 0 Å². The van der Waals surface area contributed by atoms with Crippen LogP contribution in [0, 0.1) is 0 Å². The largest absolute Gasteiger partial charge is 0.256 e. The molecule has 18 heavy (non-hydrogen) atoms. The molecule has 0 aliphatic carbocycles. The summed E-state index contributed by atoms with van der Waals surface area (Å²) in [6, 6.07) is 24.7. The van der Waals surface area contributed by atoms with Gasteiger partial charge in [0, 0.05) is 11.6 Å². The maximum Gasteiger partial charge on any atom is 0.0708 e. The Balaban J connectivity index is 2.59. The quantitative estimate of drug-likeness (QED) is 0.554. The molecule has 1 heteroatoms. The Morgan fingerprint density at radius 3 is 2.11 bits per heavy atom. The van der Waals surface area contributed by atoms with Gasteiger partial charge in [-0.05, 0) is 22.9 Å². The SMILES string of the molecule is c1ccnc2ccccc2c2ccccc2cc1. The summed E-state index contributed by atoms with van der Waals surface area (Å²) in [5, 5.41) is 3.60. The number of hydrogen-bond acceptors (Lipinski definition) is 1. The van der Waals surface area contributed by atoms with E-state index in [0.29, 0.717) is 0 Å². The second kappa shape index (κ2) is 4.84. The Morgan fingerprint density at radius 2 is 1.22 bits per heavy atom. The van der Waals surface area contributed by atoms with Crippen molar-refractivity contribution in [1.29, 1.82) is 0 Å². The first kappa shape index (κ1) is 10.7. The van der Waals surface area contributed by atoms with E-state index in [9.17, 15) is 0 Å². The van der Waals surface area contributed by atoms with Gasteiger partial charge < -0.3 is 0 Å². The Bertz CT molecular complexity index is 680. The highest BCUT2D eigenvalue weighted by Gasteiger charge is 1.95. The standard InChI is InChI=1S/C17H13N/c1-2-8-14-9-3-4-10-15(14)16-11-5-6-12-17(16)18-13-7-1/h1-13H. The first-order valence-electron chi connectivity index (χ1n) is 6.01.